The van der Waals surface area contributed by atoms with Gasteiger partial charge < -0.3 is 20.4 Å². The summed E-state index contributed by atoms with van der Waals surface area (Å²) in [6.45, 7) is 17.6. The van der Waals surface area contributed by atoms with Gasteiger partial charge in [-0.1, -0.05) is 46.3 Å². The molecular formula is C30H52O4. The van der Waals surface area contributed by atoms with Crippen molar-refractivity contribution >= 4 is 0 Å². The molecule has 0 bridgehead atoms. The van der Waals surface area contributed by atoms with Crippen LogP contribution in [0.15, 0.2) is 11.6 Å². The zero-order valence-electron chi connectivity index (χ0n) is 23.1. The first-order valence-corrected chi connectivity index (χ1v) is 13.9. The maximum Gasteiger partial charge on any atom is 0.0654 e. The van der Waals surface area contributed by atoms with Gasteiger partial charge in [-0.05, 0) is 106 Å². The smallest absolute Gasteiger partial charge is 0.0654 e. The first-order valence-electron chi connectivity index (χ1n) is 13.9. The molecule has 0 aliphatic heterocycles. The molecule has 4 fully saturated rings. The van der Waals surface area contributed by atoms with Crippen molar-refractivity contribution in [2.45, 2.75) is 131 Å². The van der Waals surface area contributed by atoms with Gasteiger partial charge in [0.25, 0.3) is 0 Å². The fourth-order valence-corrected chi connectivity index (χ4v) is 10.2. The van der Waals surface area contributed by atoms with E-state index in [9.17, 15) is 20.4 Å². The Morgan fingerprint density at radius 3 is 2.12 bits per heavy atom. The number of fused-ring (bicyclic) bond motifs is 5. The van der Waals surface area contributed by atoms with Crippen molar-refractivity contribution in [3.8, 4) is 0 Å². The first-order chi connectivity index (χ1) is 15.5. The Kier molecular flexibility index (Phi) is 6.50. The molecule has 11 atom stereocenters. The molecule has 0 radical (unpaired) electrons. The molecule has 4 rings (SSSR count). The number of hydrogen-bond donors (Lipinski definition) is 4. The van der Waals surface area contributed by atoms with E-state index in [0.29, 0.717) is 12.8 Å². The van der Waals surface area contributed by atoms with Gasteiger partial charge in [0, 0.05) is 11.8 Å². The number of aliphatic hydroxyl groups is 4. The van der Waals surface area contributed by atoms with Crippen LogP contribution in [0.2, 0.25) is 0 Å². The Morgan fingerprint density at radius 2 is 1.50 bits per heavy atom. The zero-order valence-corrected chi connectivity index (χ0v) is 23.1. The fraction of sp³-hybridized carbons (Fsp3) is 0.933. The lowest BCUT2D eigenvalue weighted by atomic mass is 9.34. The van der Waals surface area contributed by atoms with Crippen LogP contribution in [0.3, 0.4) is 0 Å². The Labute approximate surface area is 208 Å². The van der Waals surface area contributed by atoms with Gasteiger partial charge >= 0.3 is 0 Å². The number of rotatable bonds is 4. The number of hydrogen-bond acceptors (Lipinski definition) is 4. The highest BCUT2D eigenvalue weighted by molar-refractivity contribution is 5.21. The fourth-order valence-electron chi connectivity index (χ4n) is 10.2. The molecule has 0 aromatic heterocycles. The van der Waals surface area contributed by atoms with Crippen LogP contribution in [0.1, 0.15) is 107 Å². The summed E-state index contributed by atoms with van der Waals surface area (Å²) in [7, 11) is 0. The van der Waals surface area contributed by atoms with Crippen LogP contribution >= 0.6 is 0 Å². The molecule has 4 N–H and O–H groups in total. The summed E-state index contributed by atoms with van der Waals surface area (Å²) in [5.74, 6) is 0.602. The first kappa shape index (κ1) is 26.6. The van der Waals surface area contributed by atoms with Crippen LogP contribution in [0.5, 0.6) is 0 Å². The summed E-state index contributed by atoms with van der Waals surface area (Å²) >= 11 is 0. The summed E-state index contributed by atoms with van der Waals surface area (Å²) in [6, 6.07) is 0. The molecule has 34 heavy (non-hydrogen) atoms. The largest absolute Gasteiger partial charge is 0.393 e. The SMILES string of the molecule is CC(C)=CCCC(C)(O)C1CCC2(C)C1C(O)CC1C3(C)C(O)CC(O)C(C)(C)C3CCC12C. The van der Waals surface area contributed by atoms with Gasteiger partial charge in [0.2, 0.25) is 0 Å². The molecular weight excluding hydrogens is 424 g/mol. The minimum Gasteiger partial charge on any atom is -0.393 e. The molecule has 4 heteroatoms. The average Bonchev–Trinajstić information content (AvgIpc) is 3.09. The van der Waals surface area contributed by atoms with Crippen LogP contribution in [0.25, 0.3) is 0 Å². The van der Waals surface area contributed by atoms with Crippen LogP contribution in [0, 0.1) is 45.3 Å². The number of aliphatic hydroxyl groups excluding tert-OH is 3. The summed E-state index contributed by atoms with van der Waals surface area (Å²) in [5.41, 5.74) is -0.166. The topological polar surface area (TPSA) is 80.9 Å². The molecule has 4 aliphatic carbocycles. The van der Waals surface area contributed by atoms with E-state index >= 15 is 0 Å². The third-order valence-electron chi connectivity index (χ3n) is 12.5. The van der Waals surface area contributed by atoms with E-state index in [2.05, 4.69) is 54.5 Å². The third kappa shape index (κ3) is 3.52. The monoisotopic (exact) mass is 476 g/mol. The normalized spacial score (nSPS) is 51.6. The van der Waals surface area contributed by atoms with Crippen molar-refractivity contribution in [3.63, 3.8) is 0 Å². The Morgan fingerprint density at radius 1 is 0.882 bits per heavy atom. The molecule has 0 aromatic carbocycles. The predicted molar refractivity (Wildman–Crippen MR) is 137 cm³/mol. The standard InChI is InChI=1S/C30H52O4/c1-18(2)10-9-13-29(7,34)19-11-14-28(6)25(19)20(31)16-22-27(28,5)15-12-21-26(3,4)23(32)17-24(33)30(21,22)8/h10,19-25,31-34H,9,11-17H2,1-8H3. The second-order valence-corrected chi connectivity index (χ2v) is 14.6. The van der Waals surface area contributed by atoms with Crippen molar-refractivity contribution < 1.29 is 20.4 Å². The molecule has 11 unspecified atom stereocenters. The third-order valence-corrected chi connectivity index (χ3v) is 12.5. The predicted octanol–water partition coefficient (Wildman–Crippen LogP) is 5.47. The molecule has 4 nitrogen and oxygen atoms in total. The lowest BCUT2D eigenvalue weighted by molar-refractivity contribution is -0.274. The molecule has 0 heterocycles. The summed E-state index contributed by atoms with van der Waals surface area (Å²) in [4.78, 5) is 0. The maximum absolute atomic E-state index is 11.8. The van der Waals surface area contributed by atoms with Crippen molar-refractivity contribution in [1.29, 1.82) is 0 Å². The van der Waals surface area contributed by atoms with Crippen molar-refractivity contribution in [1.82, 2.24) is 0 Å². The van der Waals surface area contributed by atoms with Gasteiger partial charge in [0.1, 0.15) is 0 Å². The van der Waals surface area contributed by atoms with E-state index in [1.807, 2.05) is 6.92 Å². The molecule has 0 saturated heterocycles. The Bertz CT molecular complexity index is 813. The average molecular weight is 477 g/mol. The second-order valence-electron chi connectivity index (χ2n) is 14.6. The quantitative estimate of drug-likeness (QED) is 0.406. The summed E-state index contributed by atoms with van der Waals surface area (Å²) in [6.07, 6.45) is 7.44. The van der Waals surface area contributed by atoms with Gasteiger partial charge in [-0.2, -0.15) is 0 Å². The van der Waals surface area contributed by atoms with Crippen molar-refractivity contribution in [2.24, 2.45) is 45.3 Å². The lowest BCUT2D eigenvalue weighted by Crippen LogP contribution is -2.69. The molecule has 0 spiro atoms. The van der Waals surface area contributed by atoms with Crippen molar-refractivity contribution in [2.75, 3.05) is 0 Å². The highest BCUT2D eigenvalue weighted by atomic mass is 16.3. The lowest BCUT2D eigenvalue weighted by Gasteiger charge is -2.71. The van der Waals surface area contributed by atoms with Crippen LogP contribution < -0.4 is 0 Å². The highest BCUT2D eigenvalue weighted by Gasteiger charge is 2.72. The highest BCUT2D eigenvalue weighted by Crippen LogP contribution is 2.75. The van der Waals surface area contributed by atoms with E-state index in [0.717, 1.165) is 38.5 Å². The van der Waals surface area contributed by atoms with Crippen LogP contribution in [-0.4, -0.2) is 44.3 Å². The summed E-state index contributed by atoms with van der Waals surface area (Å²) < 4.78 is 0. The molecule has 4 saturated carbocycles. The van der Waals surface area contributed by atoms with Gasteiger partial charge in [-0.3, -0.25) is 0 Å². The van der Waals surface area contributed by atoms with E-state index < -0.39 is 23.9 Å². The molecule has 0 aromatic rings. The molecule has 196 valence electrons. The van der Waals surface area contributed by atoms with Crippen molar-refractivity contribution in [3.05, 3.63) is 11.6 Å². The van der Waals surface area contributed by atoms with E-state index in [1.165, 1.54) is 5.57 Å². The van der Waals surface area contributed by atoms with E-state index in [1.54, 1.807) is 0 Å². The molecule has 0 amide bonds. The minimum atomic E-state index is -0.796. The van der Waals surface area contributed by atoms with E-state index in [-0.39, 0.29) is 45.3 Å². The van der Waals surface area contributed by atoms with Gasteiger partial charge in [0.05, 0.1) is 23.9 Å². The van der Waals surface area contributed by atoms with Crippen LogP contribution in [-0.2, 0) is 0 Å². The van der Waals surface area contributed by atoms with Gasteiger partial charge in [0.15, 0.2) is 0 Å². The van der Waals surface area contributed by atoms with Gasteiger partial charge in [-0.15, -0.1) is 0 Å². The second kappa shape index (κ2) is 8.30. The van der Waals surface area contributed by atoms with Gasteiger partial charge in [-0.25, -0.2) is 0 Å². The number of allylic oxidation sites excluding steroid dienone is 2. The van der Waals surface area contributed by atoms with E-state index in [4.69, 9.17) is 0 Å². The Balaban J connectivity index is 1.69. The molecule has 4 aliphatic rings. The minimum absolute atomic E-state index is 0.00770. The maximum atomic E-state index is 11.8. The Hall–Kier alpha value is -0.420. The summed E-state index contributed by atoms with van der Waals surface area (Å²) in [5, 5.41) is 45.7. The zero-order chi connectivity index (χ0) is 25.5. The van der Waals surface area contributed by atoms with Crippen LogP contribution in [0.4, 0.5) is 0 Å².